The van der Waals surface area contributed by atoms with E-state index in [1.807, 2.05) is 6.92 Å². The molecule has 0 saturated carbocycles. The molecule has 0 aliphatic rings. The van der Waals surface area contributed by atoms with Crippen LogP contribution in [0.5, 0.6) is 0 Å². The van der Waals surface area contributed by atoms with E-state index < -0.39 is 18.3 Å². The minimum atomic E-state index is -0.614. The fourth-order valence-electron chi connectivity index (χ4n) is 1.04. The van der Waals surface area contributed by atoms with E-state index in [9.17, 15) is 19.2 Å². The van der Waals surface area contributed by atoms with Gasteiger partial charge >= 0.3 is 12.2 Å². The maximum absolute atomic E-state index is 11.0. The van der Waals surface area contributed by atoms with Crippen molar-refractivity contribution in [1.29, 1.82) is 0 Å². The molecule has 0 bridgehead atoms. The molecule has 10 nitrogen and oxygen atoms in total. The number of nitrogens with one attached hydrogen (secondary N) is 2. The zero-order valence-corrected chi connectivity index (χ0v) is 15.0. The van der Waals surface area contributed by atoms with E-state index >= 15 is 0 Å². The molecule has 0 saturated heterocycles. The highest BCUT2D eigenvalue weighted by Gasteiger charge is 2.15. The predicted molar refractivity (Wildman–Crippen MR) is 98.8 cm³/mol. The van der Waals surface area contributed by atoms with Crippen LogP contribution in [0.3, 0.4) is 0 Å². The Hall–Kier alpha value is -2.36. The van der Waals surface area contributed by atoms with Crippen LogP contribution >= 0.6 is 0 Å². The van der Waals surface area contributed by atoms with Gasteiger partial charge in [-0.1, -0.05) is 14.9 Å². The number of hydrogen-bond acceptors (Lipinski definition) is 7. The molecule has 1 unspecified atom stereocenters. The predicted octanol–water partition coefficient (Wildman–Crippen LogP) is 1.39. The highest BCUT2D eigenvalue weighted by atomic mass is 16.6. The van der Waals surface area contributed by atoms with E-state index in [0.717, 1.165) is 4.90 Å². The fourth-order valence-corrected chi connectivity index (χ4v) is 1.04. The summed E-state index contributed by atoms with van der Waals surface area (Å²) in [6.45, 7) is 5.14. The fraction of sp³-hybridized carbons (Fsp3) is 0.750. The van der Waals surface area contributed by atoms with Gasteiger partial charge in [0, 0.05) is 41.6 Å². The Morgan fingerprint density at radius 1 is 0.923 bits per heavy atom. The van der Waals surface area contributed by atoms with Crippen LogP contribution in [0.2, 0.25) is 0 Å². The molecule has 156 valence electrons. The Morgan fingerprint density at radius 3 is 1.69 bits per heavy atom. The molecule has 0 spiro atoms. The first-order valence-electron chi connectivity index (χ1n) is 7.24. The number of imide groups is 1. The highest BCUT2D eigenvalue weighted by Crippen LogP contribution is 1.96. The smallest absolute Gasteiger partial charge is 0.407 e. The van der Waals surface area contributed by atoms with Crippen LogP contribution in [-0.4, -0.2) is 76.0 Å². The van der Waals surface area contributed by atoms with E-state index in [4.69, 9.17) is 14.2 Å². The normalized spacial score (nSPS) is 9.62. The molecule has 2 N–H and O–H groups in total. The summed E-state index contributed by atoms with van der Waals surface area (Å²) in [6, 6.07) is 0. The Morgan fingerprint density at radius 2 is 1.38 bits per heavy atom. The van der Waals surface area contributed by atoms with Crippen LogP contribution in [0.15, 0.2) is 0 Å². The Labute approximate surface area is 156 Å². The van der Waals surface area contributed by atoms with E-state index in [1.165, 1.54) is 35.0 Å². The second kappa shape index (κ2) is 19.0. The van der Waals surface area contributed by atoms with Gasteiger partial charge in [-0.15, -0.1) is 0 Å². The van der Waals surface area contributed by atoms with Gasteiger partial charge in [-0.25, -0.2) is 9.59 Å². The van der Waals surface area contributed by atoms with Crippen molar-refractivity contribution in [2.45, 2.75) is 41.7 Å². The van der Waals surface area contributed by atoms with Gasteiger partial charge in [-0.2, -0.15) is 0 Å². The van der Waals surface area contributed by atoms with Gasteiger partial charge in [0.2, 0.25) is 11.8 Å². The molecular formula is C16H35N3O7. The van der Waals surface area contributed by atoms with Gasteiger partial charge in [-0.3, -0.25) is 14.5 Å². The summed E-state index contributed by atoms with van der Waals surface area (Å²) < 4.78 is 14.8. The summed E-state index contributed by atoms with van der Waals surface area (Å²) >= 11 is 0. The SMILES string of the molecule is C.C.CC(=O)N(C)C(C)=O.CCOCC(COC(=O)NC)OC(=O)NC. The number of ether oxygens (including phenoxy) is 3. The molecule has 0 aromatic rings. The van der Waals surface area contributed by atoms with Crippen LogP contribution in [0.4, 0.5) is 9.59 Å². The summed E-state index contributed by atoms with van der Waals surface area (Å²) in [5.41, 5.74) is 0. The topological polar surface area (TPSA) is 123 Å². The average Bonchev–Trinajstić information content (AvgIpc) is 2.56. The lowest BCUT2D eigenvalue weighted by molar-refractivity contribution is -0.140. The first-order valence-corrected chi connectivity index (χ1v) is 7.24. The van der Waals surface area contributed by atoms with E-state index in [1.54, 1.807) is 0 Å². The third-order valence-corrected chi connectivity index (χ3v) is 2.53. The lowest BCUT2D eigenvalue weighted by atomic mass is 10.4. The minimum absolute atomic E-state index is 0. The van der Waals surface area contributed by atoms with Crippen molar-refractivity contribution in [2.24, 2.45) is 0 Å². The summed E-state index contributed by atoms with van der Waals surface area (Å²) in [7, 11) is 4.34. The number of amides is 4. The Balaban J connectivity index is -0.000000208. The summed E-state index contributed by atoms with van der Waals surface area (Å²) in [6.07, 6.45) is -1.79. The van der Waals surface area contributed by atoms with Crippen molar-refractivity contribution in [3.8, 4) is 0 Å². The van der Waals surface area contributed by atoms with Gasteiger partial charge in [0.25, 0.3) is 0 Å². The molecule has 4 amide bonds. The lowest BCUT2D eigenvalue weighted by Gasteiger charge is -2.17. The van der Waals surface area contributed by atoms with Crippen molar-refractivity contribution in [2.75, 3.05) is 41.0 Å². The number of nitrogens with zero attached hydrogens (tertiary/aromatic N) is 1. The first kappa shape index (κ1) is 31.4. The second-order valence-corrected chi connectivity index (χ2v) is 4.38. The van der Waals surface area contributed by atoms with Gasteiger partial charge in [0.1, 0.15) is 6.61 Å². The number of carbonyl (C=O) groups excluding carboxylic acids is 4. The van der Waals surface area contributed by atoms with Crippen LogP contribution in [0.1, 0.15) is 35.6 Å². The van der Waals surface area contributed by atoms with Crippen LogP contribution in [-0.2, 0) is 23.8 Å². The van der Waals surface area contributed by atoms with Crippen LogP contribution < -0.4 is 10.6 Å². The average molecular weight is 381 g/mol. The van der Waals surface area contributed by atoms with Crippen molar-refractivity contribution in [3.63, 3.8) is 0 Å². The Kier molecular flexibility index (Phi) is 22.9. The van der Waals surface area contributed by atoms with Gasteiger partial charge in [0.15, 0.2) is 6.10 Å². The molecule has 0 aliphatic carbocycles. The monoisotopic (exact) mass is 381 g/mol. The second-order valence-electron chi connectivity index (χ2n) is 4.38. The van der Waals surface area contributed by atoms with Crippen molar-refractivity contribution < 1.29 is 33.4 Å². The molecule has 26 heavy (non-hydrogen) atoms. The molecule has 0 radical (unpaired) electrons. The van der Waals surface area contributed by atoms with Crippen molar-refractivity contribution in [3.05, 3.63) is 0 Å². The third-order valence-electron chi connectivity index (χ3n) is 2.53. The largest absolute Gasteiger partial charge is 0.446 e. The molecule has 0 heterocycles. The molecular weight excluding hydrogens is 346 g/mol. The summed E-state index contributed by atoms with van der Waals surface area (Å²) in [4.78, 5) is 43.4. The van der Waals surface area contributed by atoms with E-state index in [2.05, 4.69) is 10.6 Å². The number of rotatable bonds is 6. The van der Waals surface area contributed by atoms with Crippen molar-refractivity contribution in [1.82, 2.24) is 15.5 Å². The number of carbonyl (C=O) groups is 4. The Bertz CT molecular complexity index is 403. The molecule has 0 rings (SSSR count). The van der Waals surface area contributed by atoms with Gasteiger partial charge in [-0.05, 0) is 6.92 Å². The molecule has 0 fully saturated rings. The first-order chi connectivity index (χ1) is 11.2. The molecule has 0 aliphatic heterocycles. The van der Waals surface area contributed by atoms with E-state index in [0.29, 0.717) is 6.61 Å². The maximum atomic E-state index is 11.0. The number of alkyl carbamates (subject to hydrolysis) is 2. The summed E-state index contributed by atoms with van der Waals surface area (Å²) in [5, 5.41) is 4.59. The van der Waals surface area contributed by atoms with Gasteiger partial charge in [0.05, 0.1) is 6.61 Å². The molecule has 0 aromatic heterocycles. The van der Waals surface area contributed by atoms with Crippen molar-refractivity contribution >= 4 is 24.0 Å². The van der Waals surface area contributed by atoms with Crippen LogP contribution in [0, 0.1) is 0 Å². The zero-order valence-electron chi connectivity index (χ0n) is 15.0. The standard InChI is InChI=1S/C9H18N2O5.C5H9NO2.2CH4/c1-4-14-5-7(16-9(13)11-3)6-15-8(12)10-2;1-4(7)6(3)5(2)8;;/h7H,4-6H2,1-3H3,(H,10,12)(H,11,13);1-3H3;2*1H4. The molecule has 10 heteroatoms. The highest BCUT2D eigenvalue weighted by molar-refractivity contribution is 5.92. The number of hydrogen-bond donors (Lipinski definition) is 2. The lowest BCUT2D eigenvalue weighted by Crippen LogP contribution is -2.34. The molecule has 0 aromatic carbocycles. The maximum Gasteiger partial charge on any atom is 0.407 e. The molecule has 1 atom stereocenters. The minimum Gasteiger partial charge on any atom is -0.446 e. The zero-order chi connectivity index (χ0) is 19.1. The van der Waals surface area contributed by atoms with E-state index in [-0.39, 0.29) is 39.9 Å². The van der Waals surface area contributed by atoms with Gasteiger partial charge < -0.3 is 24.8 Å². The quantitative estimate of drug-likeness (QED) is 0.712. The third kappa shape index (κ3) is 18.0. The van der Waals surface area contributed by atoms with Crippen LogP contribution in [0.25, 0.3) is 0 Å². The summed E-state index contributed by atoms with van der Waals surface area (Å²) in [5.74, 6) is -0.449.